The average molecular weight is 673 g/mol. The molecule has 3 heterocycles. The van der Waals surface area contributed by atoms with Gasteiger partial charge in [0.25, 0.3) is 0 Å². The quantitative estimate of drug-likeness (QED) is 0.181. The molecule has 0 spiro atoms. The third kappa shape index (κ3) is 4.07. The Morgan fingerprint density at radius 3 is 1.86 bits per heavy atom. The third-order valence-electron chi connectivity index (χ3n) is 10.1. The van der Waals surface area contributed by atoms with Gasteiger partial charge in [-0.1, -0.05) is 97.1 Å². The van der Waals surface area contributed by atoms with E-state index in [2.05, 4.69) is 179 Å². The molecular weight excluding hydrogens is 645 g/mol. The SMILES string of the molecule is c1ccc(-n2c3ccccc3c3cccc(N(c4ccc5sc6ccccc6c5c4)c4ccc5ccc6sc7ccccc7c6c5c4)c32)cc1. The molecule has 3 aromatic heterocycles. The number of para-hydroxylation sites is 3. The normalized spacial score (nSPS) is 12.0. The Bertz CT molecular complexity index is 3110. The number of thiophene rings is 2. The van der Waals surface area contributed by atoms with Gasteiger partial charge in [-0.3, -0.25) is 0 Å². The van der Waals surface area contributed by atoms with Crippen LogP contribution in [0.25, 0.3) is 78.6 Å². The smallest absolute Gasteiger partial charge is 0.0782 e. The van der Waals surface area contributed by atoms with Gasteiger partial charge in [-0.2, -0.15) is 0 Å². The molecule has 0 amide bonds. The summed E-state index contributed by atoms with van der Waals surface area (Å²) >= 11 is 3.74. The molecule has 0 radical (unpaired) electrons. The van der Waals surface area contributed by atoms with Gasteiger partial charge in [-0.15, -0.1) is 22.7 Å². The molecule has 4 heteroatoms. The van der Waals surface area contributed by atoms with Crippen LogP contribution in [0, 0.1) is 0 Å². The first-order valence-corrected chi connectivity index (χ1v) is 18.6. The molecule has 0 unspecified atom stereocenters. The fourth-order valence-corrected chi connectivity index (χ4v) is 10.2. The topological polar surface area (TPSA) is 8.17 Å². The molecule has 0 N–H and O–H groups in total. The largest absolute Gasteiger partial charge is 0.308 e. The van der Waals surface area contributed by atoms with Gasteiger partial charge in [-0.25, -0.2) is 0 Å². The highest BCUT2D eigenvalue weighted by molar-refractivity contribution is 7.26. The van der Waals surface area contributed by atoms with Crippen LogP contribution in [0.4, 0.5) is 17.1 Å². The number of benzene rings is 8. The molecule has 0 aliphatic carbocycles. The predicted molar refractivity (Wildman–Crippen MR) is 219 cm³/mol. The molecule has 0 atom stereocenters. The Labute approximate surface area is 296 Å². The van der Waals surface area contributed by atoms with Crippen molar-refractivity contribution in [1.29, 1.82) is 0 Å². The van der Waals surface area contributed by atoms with E-state index in [4.69, 9.17) is 0 Å². The van der Waals surface area contributed by atoms with Crippen molar-refractivity contribution >= 4 is 113 Å². The van der Waals surface area contributed by atoms with Crippen molar-refractivity contribution in [3.63, 3.8) is 0 Å². The van der Waals surface area contributed by atoms with Crippen LogP contribution >= 0.6 is 22.7 Å². The van der Waals surface area contributed by atoms with Crippen LogP contribution in [0.1, 0.15) is 0 Å². The molecule has 0 aliphatic rings. The molecule has 50 heavy (non-hydrogen) atoms. The van der Waals surface area contributed by atoms with Gasteiger partial charge in [-0.05, 0) is 83.6 Å². The monoisotopic (exact) mass is 672 g/mol. The maximum absolute atomic E-state index is 2.49. The second kappa shape index (κ2) is 10.8. The molecule has 234 valence electrons. The Balaban J connectivity index is 1.27. The van der Waals surface area contributed by atoms with Gasteiger partial charge in [0.05, 0.1) is 16.7 Å². The maximum atomic E-state index is 2.49. The molecule has 2 nitrogen and oxygen atoms in total. The van der Waals surface area contributed by atoms with E-state index in [1.807, 2.05) is 22.7 Å². The van der Waals surface area contributed by atoms with Crippen molar-refractivity contribution in [3.8, 4) is 5.69 Å². The first-order valence-electron chi connectivity index (χ1n) is 16.9. The van der Waals surface area contributed by atoms with Crippen molar-refractivity contribution in [2.45, 2.75) is 0 Å². The molecule has 8 aromatic carbocycles. The molecule has 0 fully saturated rings. The lowest BCUT2D eigenvalue weighted by molar-refractivity contribution is 1.17. The summed E-state index contributed by atoms with van der Waals surface area (Å²) < 4.78 is 7.70. The molecular formula is C46H28N2S2. The summed E-state index contributed by atoms with van der Waals surface area (Å²) in [6.07, 6.45) is 0. The molecule has 0 aliphatic heterocycles. The van der Waals surface area contributed by atoms with Gasteiger partial charge >= 0.3 is 0 Å². The van der Waals surface area contributed by atoms with Gasteiger partial charge in [0.15, 0.2) is 0 Å². The summed E-state index contributed by atoms with van der Waals surface area (Å²) in [6.45, 7) is 0. The Morgan fingerprint density at radius 2 is 1.00 bits per heavy atom. The summed E-state index contributed by atoms with van der Waals surface area (Å²) in [6, 6.07) is 62.5. The number of aromatic nitrogens is 1. The van der Waals surface area contributed by atoms with Crippen molar-refractivity contribution in [1.82, 2.24) is 4.57 Å². The zero-order chi connectivity index (χ0) is 32.8. The zero-order valence-electron chi connectivity index (χ0n) is 26.9. The van der Waals surface area contributed by atoms with Crippen molar-refractivity contribution < 1.29 is 0 Å². The van der Waals surface area contributed by atoms with Crippen LogP contribution in [0.15, 0.2) is 170 Å². The van der Waals surface area contributed by atoms with Crippen LogP contribution in [-0.4, -0.2) is 4.57 Å². The molecule has 0 saturated carbocycles. The summed E-state index contributed by atoms with van der Waals surface area (Å²) in [5, 5.41) is 10.3. The third-order valence-corrected chi connectivity index (χ3v) is 12.4. The van der Waals surface area contributed by atoms with E-state index < -0.39 is 0 Å². The van der Waals surface area contributed by atoms with E-state index in [-0.39, 0.29) is 0 Å². The van der Waals surface area contributed by atoms with Crippen LogP contribution in [0.3, 0.4) is 0 Å². The highest BCUT2D eigenvalue weighted by Crippen LogP contribution is 2.47. The van der Waals surface area contributed by atoms with Gasteiger partial charge in [0, 0.05) is 68.2 Å². The minimum atomic E-state index is 1.14. The summed E-state index contributed by atoms with van der Waals surface area (Å²) in [5.74, 6) is 0. The number of anilines is 3. The van der Waals surface area contributed by atoms with Crippen LogP contribution in [-0.2, 0) is 0 Å². The van der Waals surface area contributed by atoms with Crippen LogP contribution in [0.5, 0.6) is 0 Å². The Morgan fingerprint density at radius 1 is 0.400 bits per heavy atom. The van der Waals surface area contributed by atoms with Crippen molar-refractivity contribution in [2.24, 2.45) is 0 Å². The Kier molecular flexibility index (Phi) is 6.03. The highest BCUT2D eigenvalue weighted by Gasteiger charge is 2.23. The molecule has 11 aromatic rings. The highest BCUT2D eigenvalue weighted by atomic mass is 32.1. The van der Waals surface area contributed by atoms with Crippen molar-refractivity contribution in [2.75, 3.05) is 4.90 Å². The first kappa shape index (κ1) is 28.0. The predicted octanol–water partition coefficient (Wildman–Crippen LogP) is 14.1. The van der Waals surface area contributed by atoms with E-state index in [0.29, 0.717) is 0 Å². The number of hydrogen-bond donors (Lipinski definition) is 0. The summed E-state index contributed by atoms with van der Waals surface area (Å²) in [7, 11) is 0. The molecule has 0 bridgehead atoms. The fraction of sp³-hybridized carbons (Fsp3) is 0. The summed E-state index contributed by atoms with van der Waals surface area (Å²) in [4.78, 5) is 2.49. The second-order valence-corrected chi connectivity index (χ2v) is 15.1. The average Bonchev–Trinajstić information content (AvgIpc) is 3.85. The van der Waals surface area contributed by atoms with E-state index in [0.717, 1.165) is 22.7 Å². The van der Waals surface area contributed by atoms with E-state index in [9.17, 15) is 0 Å². The van der Waals surface area contributed by atoms with E-state index in [1.54, 1.807) is 0 Å². The van der Waals surface area contributed by atoms with Crippen LogP contribution < -0.4 is 4.90 Å². The van der Waals surface area contributed by atoms with E-state index in [1.165, 1.54) is 72.9 Å². The van der Waals surface area contributed by atoms with Gasteiger partial charge in [0.2, 0.25) is 0 Å². The number of fused-ring (bicyclic) bond motifs is 11. The second-order valence-electron chi connectivity index (χ2n) is 12.9. The van der Waals surface area contributed by atoms with Gasteiger partial charge < -0.3 is 9.47 Å². The minimum absolute atomic E-state index is 1.14. The molecule has 11 rings (SSSR count). The van der Waals surface area contributed by atoms with E-state index >= 15 is 0 Å². The maximum Gasteiger partial charge on any atom is 0.0782 e. The first-order chi connectivity index (χ1) is 24.8. The lowest BCUT2D eigenvalue weighted by Crippen LogP contribution is -2.11. The Hall–Kier alpha value is -5.94. The summed E-state index contributed by atoms with van der Waals surface area (Å²) in [5.41, 5.74) is 6.95. The molecule has 0 saturated heterocycles. The lowest BCUT2D eigenvalue weighted by atomic mass is 10.0. The van der Waals surface area contributed by atoms with Crippen LogP contribution in [0.2, 0.25) is 0 Å². The number of nitrogens with zero attached hydrogens (tertiary/aromatic N) is 2. The minimum Gasteiger partial charge on any atom is -0.308 e. The standard InChI is InChI=1S/C46H28N2S2/c1-2-11-30(12-3-1)48-39-17-7-4-13-33(39)35-16-10-18-40(46(35)48)47(32-24-26-43-38(28-32)34-14-5-8-19-41(34)49-43)31-23-21-29-22-25-44-45(37(29)27-31)36-15-6-9-20-42(36)50-44/h1-28H. The fourth-order valence-electron chi connectivity index (χ4n) is 7.98. The van der Waals surface area contributed by atoms with Gasteiger partial charge in [0.1, 0.15) is 0 Å². The number of hydrogen-bond acceptors (Lipinski definition) is 3. The van der Waals surface area contributed by atoms with Crippen molar-refractivity contribution in [3.05, 3.63) is 170 Å². The number of rotatable bonds is 4. The zero-order valence-corrected chi connectivity index (χ0v) is 28.5. The lowest BCUT2D eigenvalue weighted by Gasteiger charge is -2.27.